The second-order valence-corrected chi connectivity index (χ2v) is 11.8. The van der Waals surface area contributed by atoms with Gasteiger partial charge in [-0.25, -0.2) is 18.4 Å². The number of sulfonamides is 1. The van der Waals surface area contributed by atoms with E-state index in [1.165, 1.54) is 17.7 Å². The summed E-state index contributed by atoms with van der Waals surface area (Å²) in [5, 5.41) is 12.7. The summed E-state index contributed by atoms with van der Waals surface area (Å²) in [4.78, 5) is 11.6. The molecule has 0 fully saturated rings. The molecule has 0 spiro atoms. The Balaban J connectivity index is 1.34. The zero-order valence-electron chi connectivity index (χ0n) is 22.6. The Hall–Kier alpha value is -4.26. The van der Waals surface area contributed by atoms with Crippen molar-refractivity contribution in [2.45, 2.75) is 30.1 Å². The van der Waals surface area contributed by atoms with Gasteiger partial charge in [0.1, 0.15) is 11.0 Å². The summed E-state index contributed by atoms with van der Waals surface area (Å²) < 4.78 is 28.5. The largest absolute Gasteiger partial charge is 0.354 e. The summed E-state index contributed by atoms with van der Waals surface area (Å²) in [5.41, 5.74) is 5.92. The Morgan fingerprint density at radius 3 is 2.52 bits per heavy atom. The SMILES string of the molecule is CN(C)CCCCNc1ncc2c(n1)-c1ccccc1C(c1ccc(NS(=O)(=O)c3ccccc3C#N)cc1)C2. The molecule has 3 aromatic carbocycles. The average Bonchev–Trinajstić information content (AvgIpc) is 2.96. The topological polar surface area (TPSA) is 111 Å². The normalized spacial score (nSPS) is 14.2. The van der Waals surface area contributed by atoms with E-state index in [0.717, 1.165) is 54.7 Å². The molecule has 1 aliphatic carbocycles. The van der Waals surface area contributed by atoms with Crippen LogP contribution in [0.3, 0.4) is 0 Å². The molecule has 1 aliphatic rings. The highest BCUT2D eigenvalue weighted by Gasteiger charge is 2.27. The van der Waals surface area contributed by atoms with Crippen LogP contribution in [-0.4, -0.2) is 50.5 Å². The molecule has 0 saturated carbocycles. The summed E-state index contributed by atoms with van der Waals surface area (Å²) in [7, 11) is 0.266. The first-order valence-corrected chi connectivity index (χ1v) is 14.8. The number of hydrogen-bond acceptors (Lipinski definition) is 7. The van der Waals surface area contributed by atoms with Crippen molar-refractivity contribution in [2.75, 3.05) is 37.2 Å². The van der Waals surface area contributed by atoms with Crippen LogP contribution < -0.4 is 10.0 Å². The number of nitrogens with one attached hydrogen (secondary N) is 2. The van der Waals surface area contributed by atoms with E-state index in [2.05, 4.69) is 46.2 Å². The van der Waals surface area contributed by atoms with Gasteiger partial charge in [0.2, 0.25) is 5.95 Å². The van der Waals surface area contributed by atoms with Gasteiger partial charge in [-0.2, -0.15) is 5.26 Å². The molecular formula is C31H32N6O2S. The minimum atomic E-state index is -3.90. The van der Waals surface area contributed by atoms with Crippen molar-refractivity contribution in [3.05, 3.63) is 101 Å². The molecule has 0 radical (unpaired) electrons. The van der Waals surface area contributed by atoms with Crippen molar-refractivity contribution in [3.63, 3.8) is 0 Å². The molecule has 5 rings (SSSR count). The molecular weight excluding hydrogens is 520 g/mol. The Labute approximate surface area is 235 Å². The molecule has 4 aromatic rings. The highest BCUT2D eigenvalue weighted by atomic mass is 32.2. The minimum absolute atomic E-state index is 0.0400. The van der Waals surface area contributed by atoms with E-state index < -0.39 is 10.0 Å². The average molecular weight is 553 g/mol. The number of fused-ring (bicyclic) bond motifs is 3. The molecule has 0 amide bonds. The van der Waals surface area contributed by atoms with E-state index in [0.29, 0.717) is 11.6 Å². The summed E-state index contributed by atoms with van der Waals surface area (Å²) in [6.45, 7) is 1.89. The maximum absolute atomic E-state index is 12.9. The van der Waals surface area contributed by atoms with E-state index in [1.807, 2.05) is 36.5 Å². The van der Waals surface area contributed by atoms with Crippen LogP contribution in [-0.2, 0) is 16.4 Å². The summed E-state index contributed by atoms with van der Waals surface area (Å²) in [6.07, 6.45) is 4.83. The van der Waals surface area contributed by atoms with Gasteiger partial charge in [0, 0.05) is 29.9 Å². The smallest absolute Gasteiger partial charge is 0.263 e. The van der Waals surface area contributed by atoms with Gasteiger partial charge in [-0.05, 0) is 80.9 Å². The van der Waals surface area contributed by atoms with Crippen LogP contribution in [0.4, 0.5) is 11.6 Å². The molecule has 1 heterocycles. The number of anilines is 2. The zero-order chi connectivity index (χ0) is 28.1. The van der Waals surface area contributed by atoms with Crippen molar-refractivity contribution in [1.29, 1.82) is 5.26 Å². The zero-order valence-corrected chi connectivity index (χ0v) is 23.4. The van der Waals surface area contributed by atoms with Crippen molar-refractivity contribution in [3.8, 4) is 17.3 Å². The Bertz CT molecular complexity index is 1650. The number of unbranched alkanes of at least 4 members (excludes halogenated alkanes) is 1. The number of rotatable bonds is 10. The van der Waals surface area contributed by atoms with Crippen LogP contribution >= 0.6 is 0 Å². The van der Waals surface area contributed by atoms with Crippen molar-refractivity contribution in [1.82, 2.24) is 14.9 Å². The van der Waals surface area contributed by atoms with Crippen LogP contribution in [0.25, 0.3) is 11.3 Å². The molecule has 2 N–H and O–H groups in total. The monoisotopic (exact) mass is 552 g/mol. The van der Waals surface area contributed by atoms with Gasteiger partial charge >= 0.3 is 0 Å². The first-order chi connectivity index (χ1) is 19.4. The second kappa shape index (κ2) is 11.9. The van der Waals surface area contributed by atoms with Gasteiger partial charge in [-0.15, -0.1) is 0 Å². The molecule has 0 aliphatic heterocycles. The Morgan fingerprint density at radius 2 is 1.75 bits per heavy atom. The third-order valence-corrected chi connectivity index (χ3v) is 8.50. The van der Waals surface area contributed by atoms with E-state index in [4.69, 9.17) is 4.98 Å². The molecule has 0 bridgehead atoms. The van der Waals surface area contributed by atoms with E-state index in [-0.39, 0.29) is 16.4 Å². The second-order valence-electron chi connectivity index (χ2n) is 10.2. The van der Waals surface area contributed by atoms with Gasteiger partial charge in [-0.1, -0.05) is 48.5 Å². The molecule has 1 aromatic heterocycles. The van der Waals surface area contributed by atoms with Crippen LogP contribution in [0.2, 0.25) is 0 Å². The quantitative estimate of drug-likeness (QED) is 0.258. The third kappa shape index (κ3) is 5.98. The lowest BCUT2D eigenvalue weighted by Crippen LogP contribution is -2.17. The highest BCUT2D eigenvalue weighted by molar-refractivity contribution is 7.92. The number of nitrogens with zero attached hydrogens (tertiary/aromatic N) is 4. The van der Waals surface area contributed by atoms with Crippen molar-refractivity contribution < 1.29 is 8.42 Å². The molecule has 1 unspecified atom stereocenters. The van der Waals surface area contributed by atoms with Gasteiger partial charge in [0.15, 0.2) is 0 Å². The van der Waals surface area contributed by atoms with Gasteiger partial charge < -0.3 is 10.2 Å². The Kier molecular flexibility index (Phi) is 8.10. The van der Waals surface area contributed by atoms with E-state index in [1.54, 1.807) is 24.3 Å². The summed E-state index contributed by atoms with van der Waals surface area (Å²) in [6, 6.07) is 23.8. The van der Waals surface area contributed by atoms with Gasteiger partial charge in [-0.3, -0.25) is 4.72 Å². The van der Waals surface area contributed by atoms with E-state index >= 15 is 0 Å². The maximum atomic E-state index is 12.9. The number of benzene rings is 3. The number of nitriles is 1. The first-order valence-electron chi connectivity index (χ1n) is 13.3. The Morgan fingerprint density at radius 1 is 1.00 bits per heavy atom. The van der Waals surface area contributed by atoms with Crippen LogP contribution in [0, 0.1) is 11.3 Å². The third-order valence-electron chi connectivity index (χ3n) is 7.06. The predicted octanol–water partition coefficient (Wildman–Crippen LogP) is 5.26. The summed E-state index contributed by atoms with van der Waals surface area (Å²) in [5.74, 6) is 0.730. The lowest BCUT2D eigenvalue weighted by Gasteiger charge is -2.27. The number of hydrogen-bond donors (Lipinski definition) is 2. The lowest BCUT2D eigenvalue weighted by atomic mass is 9.78. The van der Waals surface area contributed by atoms with Crippen LogP contribution in [0.1, 0.15) is 41.0 Å². The fourth-order valence-corrected chi connectivity index (χ4v) is 6.28. The first kappa shape index (κ1) is 27.3. The van der Waals surface area contributed by atoms with Crippen LogP contribution in [0.5, 0.6) is 0 Å². The molecule has 1 atom stereocenters. The molecule has 0 saturated heterocycles. The molecule has 40 heavy (non-hydrogen) atoms. The molecule has 204 valence electrons. The highest BCUT2D eigenvalue weighted by Crippen LogP contribution is 2.42. The number of aromatic nitrogens is 2. The van der Waals surface area contributed by atoms with Crippen molar-refractivity contribution >= 4 is 21.7 Å². The van der Waals surface area contributed by atoms with E-state index in [9.17, 15) is 13.7 Å². The fourth-order valence-electron chi connectivity index (χ4n) is 5.06. The summed E-state index contributed by atoms with van der Waals surface area (Å²) >= 11 is 0. The van der Waals surface area contributed by atoms with Gasteiger partial charge in [0.05, 0.1) is 11.3 Å². The minimum Gasteiger partial charge on any atom is -0.354 e. The maximum Gasteiger partial charge on any atom is 0.263 e. The molecule has 9 heteroatoms. The predicted molar refractivity (Wildman–Crippen MR) is 158 cm³/mol. The van der Waals surface area contributed by atoms with Crippen molar-refractivity contribution in [2.24, 2.45) is 0 Å². The lowest BCUT2D eigenvalue weighted by molar-refractivity contribution is 0.396. The molecule has 8 nitrogen and oxygen atoms in total. The van der Waals surface area contributed by atoms with Gasteiger partial charge in [0.25, 0.3) is 10.0 Å². The van der Waals surface area contributed by atoms with Crippen LogP contribution in [0.15, 0.2) is 83.9 Å². The standard InChI is InChI=1S/C31H32N6O2S/c1-37(2)18-8-7-17-33-31-34-21-24-19-28(26-10-4-5-11-27(26)30(24)35-31)22-13-15-25(16-14-22)36-40(38,39)29-12-6-3-9-23(29)20-32/h3-6,9-16,21,28,36H,7-8,17-19H2,1-2H3,(H,33,34,35). The fraction of sp³-hybridized carbons (Fsp3) is 0.258.